The molecule has 0 spiro atoms. The van der Waals surface area contributed by atoms with E-state index in [0.29, 0.717) is 0 Å². The van der Waals surface area contributed by atoms with Gasteiger partial charge >= 0.3 is 6.03 Å². The number of fused-ring (bicyclic) bond motifs is 1. The van der Waals surface area contributed by atoms with Crippen molar-refractivity contribution in [3.63, 3.8) is 0 Å². The van der Waals surface area contributed by atoms with Crippen molar-refractivity contribution in [3.8, 4) is 0 Å². The molecule has 2 atom stereocenters. The topological polar surface area (TPSA) is 69.7 Å². The molecule has 1 aromatic carbocycles. The highest BCUT2D eigenvalue weighted by Gasteiger charge is 2.49. The number of nitrogens with one attached hydrogen (secondary N) is 1. The van der Waals surface area contributed by atoms with Crippen LogP contribution >= 0.6 is 0 Å². The van der Waals surface area contributed by atoms with Crippen LogP contribution in [0, 0.1) is 0 Å². The van der Waals surface area contributed by atoms with Crippen LogP contribution in [-0.2, 0) is 9.84 Å². The summed E-state index contributed by atoms with van der Waals surface area (Å²) < 4.78 is 23.5. The van der Waals surface area contributed by atoms with Crippen LogP contribution in [0.2, 0.25) is 0 Å². The van der Waals surface area contributed by atoms with E-state index in [1.807, 2.05) is 24.3 Å². The number of hydrogen-bond acceptors (Lipinski definition) is 4. The average Bonchev–Trinajstić information content (AvgIpc) is 2.91. The van der Waals surface area contributed by atoms with Gasteiger partial charge in [0.05, 0.1) is 23.6 Å². The van der Waals surface area contributed by atoms with Gasteiger partial charge in [-0.15, -0.1) is 0 Å². The lowest BCUT2D eigenvalue weighted by Crippen LogP contribution is -2.36. The standard InChI is InChI=1S/C15H21N3O3S/c1-3-17(4-2)11-5-7-12(8-6-11)18-14-10-22(20,21)9-13(14)16-15(18)19/h5-8,13-14H,3-4,9-10H2,1-2H3,(H,16,19)/t13-,14+/m1/s1. The lowest BCUT2D eigenvalue weighted by atomic mass is 10.1. The summed E-state index contributed by atoms with van der Waals surface area (Å²) in [5.74, 6) is 0.0750. The summed E-state index contributed by atoms with van der Waals surface area (Å²) in [5, 5.41) is 2.78. The highest BCUT2D eigenvalue weighted by atomic mass is 32.2. The minimum atomic E-state index is -3.06. The molecule has 1 aromatic rings. The minimum absolute atomic E-state index is 0.0359. The molecule has 6 nitrogen and oxygen atoms in total. The first-order valence-electron chi connectivity index (χ1n) is 7.60. The van der Waals surface area contributed by atoms with Crippen molar-refractivity contribution in [1.82, 2.24) is 5.32 Å². The third kappa shape index (κ3) is 2.54. The van der Waals surface area contributed by atoms with E-state index in [2.05, 4.69) is 24.1 Å². The van der Waals surface area contributed by atoms with E-state index in [1.165, 1.54) is 0 Å². The molecule has 0 aliphatic carbocycles. The lowest BCUT2D eigenvalue weighted by molar-refractivity contribution is 0.251. The Balaban J connectivity index is 1.86. The van der Waals surface area contributed by atoms with Crippen molar-refractivity contribution in [2.45, 2.75) is 25.9 Å². The Bertz CT molecular complexity index is 668. The normalized spacial score (nSPS) is 25.9. The zero-order chi connectivity index (χ0) is 15.9. The van der Waals surface area contributed by atoms with Gasteiger partial charge in [-0.25, -0.2) is 13.2 Å². The van der Waals surface area contributed by atoms with Gasteiger partial charge in [-0.05, 0) is 38.1 Å². The second-order valence-electron chi connectivity index (χ2n) is 5.76. The second-order valence-corrected chi connectivity index (χ2v) is 7.91. The van der Waals surface area contributed by atoms with E-state index in [0.717, 1.165) is 24.5 Å². The number of sulfone groups is 1. The van der Waals surface area contributed by atoms with E-state index in [1.54, 1.807) is 4.90 Å². The molecule has 1 N–H and O–H groups in total. The van der Waals surface area contributed by atoms with Gasteiger partial charge in [-0.2, -0.15) is 0 Å². The van der Waals surface area contributed by atoms with Crippen molar-refractivity contribution in [3.05, 3.63) is 24.3 Å². The Kier molecular flexibility index (Phi) is 3.76. The van der Waals surface area contributed by atoms with Crippen molar-refractivity contribution in [2.75, 3.05) is 34.4 Å². The quantitative estimate of drug-likeness (QED) is 0.846. The van der Waals surface area contributed by atoms with Gasteiger partial charge < -0.3 is 10.2 Å². The molecule has 0 saturated carbocycles. The molecule has 7 heteroatoms. The summed E-state index contributed by atoms with van der Waals surface area (Å²) in [6.07, 6.45) is 0. The zero-order valence-electron chi connectivity index (χ0n) is 12.8. The van der Waals surface area contributed by atoms with Gasteiger partial charge in [0.1, 0.15) is 0 Å². The van der Waals surface area contributed by atoms with Crippen LogP contribution < -0.4 is 15.1 Å². The Morgan fingerprint density at radius 2 is 1.82 bits per heavy atom. The van der Waals surface area contributed by atoms with Crippen LogP contribution in [-0.4, -0.2) is 51.1 Å². The van der Waals surface area contributed by atoms with E-state index < -0.39 is 9.84 Å². The predicted octanol–water partition coefficient (Wildman–Crippen LogP) is 1.23. The Hall–Kier alpha value is -1.76. The first kappa shape index (κ1) is 15.1. The summed E-state index contributed by atoms with van der Waals surface area (Å²) in [6, 6.07) is 6.94. The number of benzene rings is 1. The van der Waals surface area contributed by atoms with Gasteiger partial charge in [-0.3, -0.25) is 4.90 Å². The van der Waals surface area contributed by atoms with Crippen LogP contribution in [0.15, 0.2) is 24.3 Å². The van der Waals surface area contributed by atoms with E-state index in [-0.39, 0.29) is 29.6 Å². The third-order valence-electron chi connectivity index (χ3n) is 4.44. The first-order chi connectivity index (χ1) is 10.4. The lowest BCUT2D eigenvalue weighted by Gasteiger charge is -2.24. The highest BCUT2D eigenvalue weighted by molar-refractivity contribution is 7.91. The Morgan fingerprint density at radius 1 is 1.18 bits per heavy atom. The summed E-state index contributed by atoms with van der Waals surface area (Å²) in [6.45, 7) is 6.03. The molecule has 2 fully saturated rings. The summed E-state index contributed by atoms with van der Waals surface area (Å²) in [4.78, 5) is 15.9. The fourth-order valence-corrected chi connectivity index (χ4v) is 5.21. The number of carbonyl (C=O) groups is 1. The van der Waals surface area contributed by atoms with E-state index in [4.69, 9.17) is 0 Å². The highest BCUT2D eigenvalue weighted by Crippen LogP contribution is 2.30. The van der Waals surface area contributed by atoms with Gasteiger partial charge in [0.15, 0.2) is 9.84 Å². The number of amides is 2. The molecule has 22 heavy (non-hydrogen) atoms. The molecule has 2 amide bonds. The fraction of sp³-hybridized carbons (Fsp3) is 0.533. The van der Waals surface area contributed by atoms with E-state index >= 15 is 0 Å². The average molecular weight is 323 g/mol. The molecule has 0 radical (unpaired) electrons. The van der Waals surface area contributed by atoms with Gasteiger partial charge in [0.2, 0.25) is 0 Å². The Morgan fingerprint density at radius 3 is 2.41 bits per heavy atom. The molecular weight excluding hydrogens is 302 g/mol. The second kappa shape index (κ2) is 5.46. The molecule has 3 rings (SSSR count). The number of carbonyl (C=O) groups excluding carboxylic acids is 1. The number of urea groups is 1. The van der Waals surface area contributed by atoms with Crippen LogP contribution in [0.5, 0.6) is 0 Å². The minimum Gasteiger partial charge on any atom is -0.372 e. The van der Waals surface area contributed by atoms with Crippen LogP contribution in [0.25, 0.3) is 0 Å². The maximum absolute atomic E-state index is 12.1. The molecule has 2 aliphatic rings. The summed E-state index contributed by atoms with van der Waals surface area (Å²) in [7, 11) is -3.06. The molecule has 0 bridgehead atoms. The van der Waals surface area contributed by atoms with Crippen molar-refractivity contribution >= 4 is 27.2 Å². The number of anilines is 2. The molecule has 0 unspecified atom stereocenters. The number of hydrogen-bond donors (Lipinski definition) is 1. The monoisotopic (exact) mass is 323 g/mol. The molecule has 120 valence electrons. The molecular formula is C15H21N3O3S. The molecule has 0 aromatic heterocycles. The third-order valence-corrected chi connectivity index (χ3v) is 6.15. The van der Waals surface area contributed by atoms with E-state index in [9.17, 15) is 13.2 Å². The largest absolute Gasteiger partial charge is 0.372 e. The van der Waals surface area contributed by atoms with Crippen LogP contribution in [0.1, 0.15) is 13.8 Å². The summed E-state index contributed by atoms with van der Waals surface area (Å²) >= 11 is 0. The van der Waals surface area contributed by atoms with Gasteiger partial charge in [0, 0.05) is 24.5 Å². The first-order valence-corrected chi connectivity index (χ1v) is 9.42. The molecule has 2 aliphatic heterocycles. The molecule has 2 saturated heterocycles. The van der Waals surface area contributed by atoms with Gasteiger partial charge in [-0.1, -0.05) is 0 Å². The molecule has 2 heterocycles. The van der Waals surface area contributed by atoms with Crippen LogP contribution in [0.4, 0.5) is 16.2 Å². The Labute approximate surface area is 131 Å². The van der Waals surface area contributed by atoms with Crippen molar-refractivity contribution in [1.29, 1.82) is 0 Å². The fourth-order valence-electron chi connectivity index (χ4n) is 3.32. The van der Waals surface area contributed by atoms with Crippen LogP contribution in [0.3, 0.4) is 0 Å². The zero-order valence-corrected chi connectivity index (χ0v) is 13.6. The van der Waals surface area contributed by atoms with Gasteiger partial charge in [0.25, 0.3) is 0 Å². The SMILES string of the molecule is CCN(CC)c1ccc(N2C(=O)N[C@@H]3CS(=O)(=O)C[C@@H]32)cc1. The van der Waals surface area contributed by atoms with Crippen molar-refractivity contribution in [2.24, 2.45) is 0 Å². The predicted molar refractivity (Wildman–Crippen MR) is 87.2 cm³/mol. The summed E-state index contributed by atoms with van der Waals surface area (Å²) in [5.41, 5.74) is 1.85. The maximum Gasteiger partial charge on any atom is 0.322 e. The van der Waals surface area contributed by atoms with Crippen molar-refractivity contribution < 1.29 is 13.2 Å². The smallest absolute Gasteiger partial charge is 0.322 e. The number of nitrogens with zero attached hydrogens (tertiary/aromatic N) is 2. The number of rotatable bonds is 4. The maximum atomic E-state index is 12.1.